The van der Waals surface area contributed by atoms with Gasteiger partial charge in [0.2, 0.25) is 11.8 Å². The predicted octanol–water partition coefficient (Wildman–Crippen LogP) is 7.86. The van der Waals surface area contributed by atoms with Crippen LogP contribution in [0, 0.1) is 0 Å². The number of thioether (sulfide) groups is 2. The van der Waals surface area contributed by atoms with E-state index in [0.29, 0.717) is 18.7 Å². The van der Waals surface area contributed by atoms with E-state index in [4.69, 9.17) is 4.74 Å². The third kappa shape index (κ3) is 13.8. The summed E-state index contributed by atoms with van der Waals surface area (Å²) < 4.78 is 4.91. The highest BCUT2D eigenvalue weighted by molar-refractivity contribution is 8.00. The molecule has 0 heterocycles. The second-order valence-electron chi connectivity index (χ2n) is 14.0. The summed E-state index contributed by atoms with van der Waals surface area (Å²) >= 11 is 3.19. The summed E-state index contributed by atoms with van der Waals surface area (Å²) in [6.45, 7) is 13.0. The summed E-state index contributed by atoms with van der Waals surface area (Å²) in [5, 5.41) is 8.97. The zero-order valence-corrected chi connectivity index (χ0v) is 33.6. The van der Waals surface area contributed by atoms with E-state index in [0.717, 1.165) is 62.0 Å². The van der Waals surface area contributed by atoms with Crippen LogP contribution in [0.25, 0.3) is 0 Å². The Morgan fingerprint density at radius 1 is 0.712 bits per heavy atom. The molecule has 0 aliphatic heterocycles. The predicted molar refractivity (Wildman–Crippen MR) is 219 cm³/mol. The summed E-state index contributed by atoms with van der Waals surface area (Å²) in [6.07, 6.45) is 6.23. The fourth-order valence-corrected chi connectivity index (χ4v) is 7.98. The third-order valence-electron chi connectivity index (χ3n) is 8.64. The first-order valence-corrected chi connectivity index (χ1v) is 21.0. The topological polar surface area (TPSA) is 99.8 Å². The Morgan fingerprint density at radius 3 is 1.65 bits per heavy atom. The van der Waals surface area contributed by atoms with Crippen molar-refractivity contribution in [1.82, 2.24) is 20.9 Å². The molecule has 0 aliphatic rings. The minimum Gasteiger partial charge on any atom is -0.444 e. The molecule has 2 atom stereocenters. The molecule has 0 radical (unpaired) electrons. The lowest BCUT2D eigenvalue weighted by molar-refractivity contribution is -0.129. The minimum atomic E-state index is -1.00. The number of amides is 3. The number of ether oxygens (including phenoxy) is 1. The molecule has 3 aromatic rings. The van der Waals surface area contributed by atoms with Gasteiger partial charge in [-0.2, -0.15) is 11.8 Å². The molecule has 0 bridgehead atoms. The Bertz CT molecular complexity index is 1370. The van der Waals surface area contributed by atoms with Gasteiger partial charge in [-0.3, -0.25) is 9.59 Å². The van der Waals surface area contributed by atoms with Crippen molar-refractivity contribution in [2.75, 3.05) is 43.9 Å². The third-order valence-corrected chi connectivity index (χ3v) is 10.9. The first-order chi connectivity index (χ1) is 25.0. The van der Waals surface area contributed by atoms with E-state index in [1.165, 1.54) is 0 Å². The zero-order valence-electron chi connectivity index (χ0n) is 32.0. The van der Waals surface area contributed by atoms with Crippen molar-refractivity contribution in [1.29, 1.82) is 0 Å². The number of unbranched alkanes of at least 4 members (excludes halogenated alkanes) is 2. The van der Waals surface area contributed by atoms with Gasteiger partial charge in [-0.1, -0.05) is 118 Å². The molecule has 0 spiro atoms. The Morgan fingerprint density at radius 2 is 1.21 bits per heavy atom. The maximum atomic E-state index is 14.3. The molecule has 3 rings (SSSR count). The number of nitrogens with one attached hydrogen (secondary N) is 3. The first-order valence-electron chi connectivity index (χ1n) is 18.6. The SMILES string of the molecule is CCCCN(CCCC)CCNC(=O)[C@H](CCSC)NC(=O)[C@H](CSC(c1ccccc1)(c1ccccc1)c1ccccc1)NC(=O)OC(C)(C)C. The van der Waals surface area contributed by atoms with E-state index in [-0.39, 0.29) is 11.7 Å². The standard InChI is InChI=1S/C42H60N4O4S2/c1-7-9-28-46(29-10-8-2)30-27-43-38(47)36(26-31-51-6)44-39(48)37(45-40(49)50-41(3,4)5)32-52-42(33-20-14-11-15-21-33,34-22-16-12-17-23-34)35-24-18-13-19-25-35/h11-25,36-37H,7-10,26-32H2,1-6H3,(H,43,47)(H,44,48)(H,45,49)/t36-,37-/m0/s1. The number of alkyl carbamates (subject to hydrolysis) is 1. The minimum absolute atomic E-state index is 0.199. The summed E-state index contributed by atoms with van der Waals surface area (Å²) in [6, 6.07) is 28.9. The van der Waals surface area contributed by atoms with Crippen LogP contribution >= 0.6 is 23.5 Å². The molecule has 3 aromatic carbocycles. The molecule has 0 saturated heterocycles. The van der Waals surface area contributed by atoms with E-state index in [2.05, 4.69) is 71.1 Å². The van der Waals surface area contributed by atoms with Crippen LogP contribution in [-0.4, -0.2) is 84.4 Å². The van der Waals surface area contributed by atoms with Gasteiger partial charge in [0.25, 0.3) is 0 Å². The number of carbonyl (C=O) groups is 3. The van der Waals surface area contributed by atoms with Gasteiger partial charge in [0.1, 0.15) is 17.7 Å². The van der Waals surface area contributed by atoms with Crippen LogP contribution in [0.3, 0.4) is 0 Å². The second-order valence-corrected chi connectivity index (χ2v) is 16.2. The summed E-state index contributed by atoms with van der Waals surface area (Å²) in [4.78, 5) is 43.6. The Kier molecular flexibility index (Phi) is 18.6. The molecule has 0 unspecified atom stereocenters. The first kappa shape index (κ1) is 42.9. The molecule has 8 nitrogen and oxygen atoms in total. The molecule has 0 fully saturated rings. The van der Waals surface area contributed by atoms with E-state index >= 15 is 0 Å². The second kappa shape index (κ2) is 22.6. The van der Waals surface area contributed by atoms with E-state index in [1.807, 2.05) is 60.9 Å². The van der Waals surface area contributed by atoms with Gasteiger partial charge in [-0.05, 0) is 81.8 Å². The molecular weight excluding hydrogens is 689 g/mol. The van der Waals surface area contributed by atoms with Gasteiger partial charge in [0, 0.05) is 18.8 Å². The van der Waals surface area contributed by atoms with Crippen molar-refractivity contribution < 1.29 is 19.1 Å². The molecule has 0 saturated carbocycles. The van der Waals surface area contributed by atoms with Crippen molar-refractivity contribution in [3.8, 4) is 0 Å². The highest BCUT2D eigenvalue weighted by atomic mass is 32.2. The zero-order chi connectivity index (χ0) is 37.8. The molecule has 0 aromatic heterocycles. The number of carbonyl (C=O) groups excluding carboxylic acids is 3. The Hall–Kier alpha value is -3.47. The number of hydrogen-bond acceptors (Lipinski definition) is 7. The molecule has 0 aliphatic carbocycles. The lowest BCUT2D eigenvalue weighted by Crippen LogP contribution is -2.56. The molecule has 52 heavy (non-hydrogen) atoms. The average Bonchev–Trinajstić information content (AvgIpc) is 3.14. The number of hydrogen-bond donors (Lipinski definition) is 3. The molecule has 3 amide bonds. The molecular formula is C42H60N4O4S2. The lowest BCUT2D eigenvalue weighted by atomic mass is 9.84. The highest BCUT2D eigenvalue weighted by Crippen LogP contribution is 2.48. The molecule has 3 N–H and O–H groups in total. The highest BCUT2D eigenvalue weighted by Gasteiger charge is 2.39. The van der Waals surface area contributed by atoms with Gasteiger partial charge in [-0.15, -0.1) is 11.8 Å². The lowest BCUT2D eigenvalue weighted by Gasteiger charge is -2.36. The number of rotatable bonds is 22. The van der Waals surface area contributed by atoms with Gasteiger partial charge in [0.05, 0.1) is 4.75 Å². The number of nitrogens with zero attached hydrogens (tertiary/aromatic N) is 1. The van der Waals surface area contributed by atoms with Crippen molar-refractivity contribution in [2.45, 2.75) is 89.2 Å². The van der Waals surface area contributed by atoms with E-state index in [1.54, 1.807) is 44.3 Å². The van der Waals surface area contributed by atoms with Crippen LogP contribution in [0.5, 0.6) is 0 Å². The smallest absolute Gasteiger partial charge is 0.408 e. The molecule has 284 valence electrons. The maximum Gasteiger partial charge on any atom is 0.408 e. The van der Waals surface area contributed by atoms with Crippen molar-refractivity contribution in [3.63, 3.8) is 0 Å². The average molecular weight is 749 g/mol. The summed E-state index contributed by atoms with van der Waals surface area (Å²) in [5.74, 6) is 0.236. The van der Waals surface area contributed by atoms with Gasteiger partial charge in [-0.25, -0.2) is 4.79 Å². The van der Waals surface area contributed by atoms with Crippen LogP contribution in [-0.2, 0) is 19.1 Å². The van der Waals surface area contributed by atoms with Gasteiger partial charge >= 0.3 is 6.09 Å². The monoisotopic (exact) mass is 748 g/mol. The summed E-state index contributed by atoms with van der Waals surface area (Å²) in [5.41, 5.74) is 2.36. The largest absolute Gasteiger partial charge is 0.444 e. The van der Waals surface area contributed by atoms with Crippen molar-refractivity contribution in [3.05, 3.63) is 108 Å². The van der Waals surface area contributed by atoms with Crippen LogP contribution < -0.4 is 16.0 Å². The quantitative estimate of drug-likeness (QED) is 0.0901. The Balaban J connectivity index is 1.92. The summed E-state index contributed by atoms with van der Waals surface area (Å²) in [7, 11) is 0. The van der Waals surface area contributed by atoms with Gasteiger partial charge < -0.3 is 25.6 Å². The van der Waals surface area contributed by atoms with Crippen LogP contribution in [0.4, 0.5) is 4.79 Å². The molecule has 10 heteroatoms. The fourth-order valence-electron chi connectivity index (χ4n) is 5.95. The van der Waals surface area contributed by atoms with E-state index < -0.39 is 34.4 Å². The van der Waals surface area contributed by atoms with Crippen LogP contribution in [0.15, 0.2) is 91.0 Å². The van der Waals surface area contributed by atoms with Gasteiger partial charge in [0.15, 0.2) is 0 Å². The fraction of sp³-hybridized carbons (Fsp3) is 0.500. The normalized spacial score (nSPS) is 12.9. The van der Waals surface area contributed by atoms with Crippen LogP contribution in [0.2, 0.25) is 0 Å². The van der Waals surface area contributed by atoms with E-state index in [9.17, 15) is 14.4 Å². The van der Waals surface area contributed by atoms with Crippen LogP contribution in [0.1, 0.15) is 83.4 Å². The Labute approximate surface area is 321 Å². The maximum absolute atomic E-state index is 14.3. The van der Waals surface area contributed by atoms with Crippen molar-refractivity contribution >= 4 is 41.4 Å². The number of benzene rings is 3. The van der Waals surface area contributed by atoms with Crippen molar-refractivity contribution in [2.24, 2.45) is 0 Å².